The molecule has 1 amide bonds. The molecular weight excluding hydrogens is 457 g/mol. The number of halogens is 2. The summed E-state index contributed by atoms with van der Waals surface area (Å²) in [5, 5.41) is 3.61. The summed E-state index contributed by atoms with van der Waals surface area (Å²) in [5.41, 5.74) is 1.60. The number of ketones is 1. The van der Waals surface area contributed by atoms with Gasteiger partial charge in [0.05, 0.1) is 30.0 Å². The Hall–Kier alpha value is -2.67. The van der Waals surface area contributed by atoms with E-state index in [1.807, 2.05) is 12.1 Å². The van der Waals surface area contributed by atoms with Crippen molar-refractivity contribution in [1.82, 2.24) is 0 Å². The van der Waals surface area contributed by atoms with E-state index in [1.54, 1.807) is 48.5 Å². The van der Waals surface area contributed by atoms with Crippen LogP contribution in [0.15, 0.2) is 65.6 Å². The number of ether oxygens (including phenoxy) is 2. The van der Waals surface area contributed by atoms with Crippen molar-refractivity contribution in [2.24, 2.45) is 0 Å². The minimum absolute atomic E-state index is 0.0469. The molecule has 3 aromatic carbocycles. The molecule has 5 nitrogen and oxygen atoms in total. The fourth-order valence-electron chi connectivity index (χ4n) is 2.72. The molecule has 0 aliphatic heterocycles. The first kappa shape index (κ1) is 23.0. The highest BCUT2D eigenvalue weighted by Crippen LogP contribution is 2.28. The fourth-order valence-corrected chi connectivity index (χ4v) is 3.81. The zero-order valence-corrected chi connectivity index (χ0v) is 19.1. The van der Waals surface area contributed by atoms with Gasteiger partial charge in [0, 0.05) is 21.7 Å². The zero-order chi connectivity index (χ0) is 22.4. The van der Waals surface area contributed by atoms with Gasteiger partial charge in [0.1, 0.15) is 0 Å². The maximum absolute atomic E-state index is 12.5. The molecule has 0 aliphatic carbocycles. The van der Waals surface area contributed by atoms with E-state index in [4.69, 9.17) is 32.7 Å². The van der Waals surface area contributed by atoms with Gasteiger partial charge in [-0.15, -0.1) is 11.8 Å². The molecule has 0 atom stereocenters. The normalized spacial score (nSPS) is 10.5. The second-order valence-corrected chi connectivity index (χ2v) is 8.25. The van der Waals surface area contributed by atoms with Crippen LogP contribution in [0.4, 0.5) is 5.69 Å². The summed E-state index contributed by atoms with van der Waals surface area (Å²) < 4.78 is 10.4. The summed E-state index contributed by atoms with van der Waals surface area (Å²) in [7, 11) is 3.05. The lowest BCUT2D eigenvalue weighted by molar-refractivity contribution is 0.101. The van der Waals surface area contributed by atoms with Crippen molar-refractivity contribution in [2.45, 2.75) is 4.90 Å². The van der Waals surface area contributed by atoms with Crippen LogP contribution in [-0.4, -0.2) is 31.7 Å². The number of Topliss-reactive ketones (excluding diaryl/α,β-unsaturated/α-hetero) is 1. The molecule has 31 heavy (non-hydrogen) atoms. The number of amides is 1. The maximum atomic E-state index is 12.5. The second kappa shape index (κ2) is 10.6. The third kappa shape index (κ3) is 5.94. The molecule has 0 aromatic heterocycles. The summed E-state index contributed by atoms with van der Waals surface area (Å²) in [5.74, 6) is 0.977. The molecule has 0 unspecified atom stereocenters. The largest absolute Gasteiger partial charge is 0.493 e. The van der Waals surface area contributed by atoms with E-state index >= 15 is 0 Å². The summed E-state index contributed by atoms with van der Waals surface area (Å²) in [4.78, 5) is 25.8. The number of hydrogen-bond acceptors (Lipinski definition) is 5. The molecule has 1 N–H and O–H groups in total. The molecule has 0 saturated heterocycles. The fraction of sp³-hybridized carbons (Fsp3) is 0.130. The van der Waals surface area contributed by atoms with Crippen LogP contribution in [0.1, 0.15) is 20.7 Å². The maximum Gasteiger partial charge on any atom is 0.255 e. The van der Waals surface area contributed by atoms with E-state index in [2.05, 4.69) is 5.32 Å². The van der Waals surface area contributed by atoms with Crippen LogP contribution in [0.5, 0.6) is 11.5 Å². The topological polar surface area (TPSA) is 64.6 Å². The molecule has 0 bridgehead atoms. The number of carbonyl (C=O) groups is 2. The van der Waals surface area contributed by atoms with Crippen molar-refractivity contribution in [3.05, 3.63) is 81.8 Å². The van der Waals surface area contributed by atoms with Gasteiger partial charge in [-0.2, -0.15) is 0 Å². The molecule has 8 heteroatoms. The van der Waals surface area contributed by atoms with Crippen molar-refractivity contribution in [2.75, 3.05) is 25.3 Å². The molecule has 0 saturated carbocycles. The van der Waals surface area contributed by atoms with E-state index in [0.717, 1.165) is 4.90 Å². The third-order valence-corrected chi connectivity index (χ3v) is 6.12. The Balaban J connectivity index is 1.59. The summed E-state index contributed by atoms with van der Waals surface area (Å²) in [6, 6.07) is 17.0. The molecule has 0 heterocycles. The monoisotopic (exact) mass is 475 g/mol. The van der Waals surface area contributed by atoms with Crippen LogP contribution in [0, 0.1) is 0 Å². The van der Waals surface area contributed by atoms with Crippen LogP contribution < -0.4 is 14.8 Å². The first-order valence-corrected chi connectivity index (χ1v) is 10.9. The highest BCUT2D eigenvalue weighted by Gasteiger charge is 2.12. The molecule has 0 radical (unpaired) electrons. The van der Waals surface area contributed by atoms with Gasteiger partial charge in [0.15, 0.2) is 17.3 Å². The van der Waals surface area contributed by atoms with E-state index in [1.165, 1.54) is 26.0 Å². The Kier molecular flexibility index (Phi) is 7.85. The standard InChI is InChI=1S/C23H19Cl2NO4S/c1-29-21-10-4-15(12-22(21)30-2)23(28)26-16-5-7-17(8-6-16)31-13-20(27)14-3-9-18(24)19(25)11-14/h3-12H,13H2,1-2H3,(H,26,28). The van der Waals surface area contributed by atoms with Crippen LogP contribution in [0.25, 0.3) is 0 Å². The minimum atomic E-state index is -0.267. The first-order chi connectivity index (χ1) is 14.9. The smallest absolute Gasteiger partial charge is 0.255 e. The third-order valence-electron chi connectivity index (χ3n) is 4.37. The van der Waals surface area contributed by atoms with Crippen LogP contribution in [0.2, 0.25) is 10.0 Å². The van der Waals surface area contributed by atoms with E-state index in [-0.39, 0.29) is 17.4 Å². The van der Waals surface area contributed by atoms with Crippen LogP contribution in [0.3, 0.4) is 0 Å². The van der Waals surface area contributed by atoms with Gasteiger partial charge in [-0.1, -0.05) is 23.2 Å². The lowest BCUT2D eigenvalue weighted by atomic mass is 10.1. The zero-order valence-electron chi connectivity index (χ0n) is 16.8. The Morgan fingerprint density at radius 2 is 1.52 bits per heavy atom. The molecule has 3 aromatic rings. The van der Waals surface area contributed by atoms with E-state index in [0.29, 0.717) is 38.4 Å². The molecular formula is C23H19Cl2NO4S. The number of methoxy groups -OCH3 is 2. The summed E-state index contributed by atoms with van der Waals surface area (Å²) >= 11 is 13.3. The number of benzene rings is 3. The van der Waals surface area contributed by atoms with E-state index in [9.17, 15) is 9.59 Å². The summed E-state index contributed by atoms with van der Waals surface area (Å²) in [6.07, 6.45) is 0. The quantitative estimate of drug-likeness (QED) is 0.308. The van der Waals surface area contributed by atoms with E-state index < -0.39 is 0 Å². The van der Waals surface area contributed by atoms with Crippen molar-refractivity contribution in [3.63, 3.8) is 0 Å². The van der Waals surface area contributed by atoms with Crippen LogP contribution in [-0.2, 0) is 0 Å². The van der Waals surface area contributed by atoms with Crippen molar-refractivity contribution >= 4 is 52.3 Å². The number of nitrogens with one attached hydrogen (secondary N) is 1. The molecule has 0 spiro atoms. The number of anilines is 1. The predicted octanol–water partition coefficient (Wildman–Crippen LogP) is 6.24. The van der Waals surface area contributed by atoms with Gasteiger partial charge in [-0.05, 0) is 60.7 Å². The number of rotatable bonds is 8. The Morgan fingerprint density at radius 1 is 0.839 bits per heavy atom. The van der Waals surface area contributed by atoms with Gasteiger partial charge in [0.2, 0.25) is 0 Å². The Bertz CT molecular complexity index is 1100. The second-order valence-electron chi connectivity index (χ2n) is 6.39. The minimum Gasteiger partial charge on any atom is -0.493 e. The average molecular weight is 476 g/mol. The van der Waals surface area contributed by atoms with Gasteiger partial charge in [-0.25, -0.2) is 0 Å². The molecule has 3 rings (SSSR count). The van der Waals surface area contributed by atoms with Gasteiger partial charge >= 0.3 is 0 Å². The lowest BCUT2D eigenvalue weighted by Crippen LogP contribution is -2.12. The molecule has 0 aliphatic rings. The van der Waals surface area contributed by atoms with Crippen molar-refractivity contribution < 1.29 is 19.1 Å². The molecule has 0 fully saturated rings. The summed E-state index contributed by atoms with van der Waals surface area (Å²) in [6.45, 7) is 0. The highest BCUT2D eigenvalue weighted by molar-refractivity contribution is 8.00. The lowest BCUT2D eigenvalue weighted by Gasteiger charge is -2.10. The Morgan fingerprint density at radius 3 is 2.16 bits per heavy atom. The average Bonchev–Trinajstić information content (AvgIpc) is 2.79. The van der Waals surface area contributed by atoms with Crippen LogP contribution >= 0.6 is 35.0 Å². The van der Waals surface area contributed by atoms with Crippen molar-refractivity contribution in [3.8, 4) is 11.5 Å². The van der Waals surface area contributed by atoms with Gasteiger partial charge in [-0.3, -0.25) is 9.59 Å². The molecule has 160 valence electrons. The SMILES string of the molecule is COc1ccc(C(=O)Nc2ccc(SCC(=O)c3ccc(Cl)c(Cl)c3)cc2)cc1OC. The number of thioether (sulfide) groups is 1. The predicted molar refractivity (Wildman–Crippen MR) is 125 cm³/mol. The Labute approximate surface area is 194 Å². The van der Waals surface area contributed by atoms with Gasteiger partial charge in [0.25, 0.3) is 5.91 Å². The van der Waals surface area contributed by atoms with Crippen molar-refractivity contribution in [1.29, 1.82) is 0 Å². The number of hydrogen-bond donors (Lipinski definition) is 1. The highest BCUT2D eigenvalue weighted by atomic mass is 35.5. The number of carbonyl (C=O) groups excluding carboxylic acids is 2. The first-order valence-electron chi connectivity index (χ1n) is 9.15. The van der Waals surface area contributed by atoms with Gasteiger partial charge < -0.3 is 14.8 Å².